The Balaban J connectivity index is 1.46. The van der Waals surface area contributed by atoms with E-state index in [0.717, 1.165) is 43.5 Å². The molecule has 11 heteroatoms. The van der Waals surface area contributed by atoms with E-state index in [2.05, 4.69) is 11.0 Å². The highest BCUT2D eigenvalue weighted by Crippen LogP contribution is 2.55. The first-order chi connectivity index (χ1) is 19.9. The van der Waals surface area contributed by atoms with E-state index >= 15 is 0 Å². The molecule has 1 spiro atoms. The van der Waals surface area contributed by atoms with Gasteiger partial charge in [0.05, 0.1) is 32.1 Å². The molecule has 0 aromatic heterocycles. The van der Waals surface area contributed by atoms with Gasteiger partial charge in [-0.25, -0.2) is 4.79 Å². The van der Waals surface area contributed by atoms with E-state index < -0.39 is 47.2 Å². The number of carbonyl (C=O) groups is 3. The number of fused-ring (bicyclic) bond motifs is 3. The Morgan fingerprint density at radius 2 is 1.86 bits per heavy atom. The highest BCUT2D eigenvalue weighted by Gasteiger charge is 2.59. The molecule has 1 aromatic rings. The van der Waals surface area contributed by atoms with Crippen molar-refractivity contribution >= 4 is 17.9 Å². The summed E-state index contributed by atoms with van der Waals surface area (Å²) < 4.78 is 33.6. The summed E-state index contributed by atoms with van der Waals surface area (Å²) in [6.07, 6.45) is 3.83. The van der Waals surface area contributed by atoms with Gasteiger partial charge in [0, 0.05) is 13.5 Å². The average Bonchev–Trinajstić information content (AvgIpc) is 3.61. The molecular formula is C31H41NO10. The predicted octanol–water partition coefficient (Wildman–Crippen LogP) is 3.15. The van der Waals surface area contributed by atoms with Crippen LogP contribution in [0, 0.1) is 0 Å². The van der Waals surface area contributed by atoms with Gasteiger partial charge in [-0.3, -0.25) is 14.5 Å². The molecule has 0 unspecified atom stereocenters. The van der Waals surface area contributed by atoms with Crippen LogP contribution in [0.1, 0.15) is 76.3 Å². The molecule has 1 saturated heterocycles. The molecule has 0 bridgehead atoms. The van der Waals surface area contributed by atoms with Gasteiger partial charge in [-0.05, 0) is 88.3 Å². The number of rotatable bonds is 10. The number of methoxy groups -OCH3 is 2. The van der Waals surface area contributed by atoms with Gasteiger partial charge in [0.25, 0.3) is 0 Å². The number of aliphatic hydroxyl groups is 1. The molecule has 5 rings (SSSR count). The average molecular weight is 588 g/mol. The molecule has 0 amide bonds. The molecule has 0 saturated carbocycles. The molecule has 4 aliphatic rings. The lowest BCUT2D eigenvalue weighted by atomic mass is 9.77. The van der Waals surface area contributed by atoms with Crippen LogP contribution in [-0.4, -0.2) is 84.9 Å². The van der Waals surface area contributed by atoms with Crippen LogP contribution in [0.15, 0.2) is 24.0 Å². The van der Waals surface area contributed by atoms with Gasteiger partial charge in [-0.15, -0.1) is 0 Å². The van der Waals surface area contributed by atoms with Crippen LogP contribution in [0.2, 0.25) is 0 Å². The van der Waals surface area contributed by atoms with Gasteiger partial charge in [0.15, 0.2) is 23.2 Å². The van der Waals surface area contributed by atoms with Crippen molar-refractivity contribution in [2.45, 2.75) is 94.5 Å². The van der Waals surface area contributed by atoms with E-state index in [1.807, 2.05) is 12.1 Å². The lowest BCUT2D eigenvalue weighted by Gasteiger charge is -2.39. The van der Waals surface area contributed by atoms with E-state index in [0.29, 0.717) is 23.7 Å². The summed E-state index contributed by atoms with van der Waals surface area (Å²) in [7, 11) is 2.75. The number of ether oxygens (including phenoxy) is 6. The highest BCUT2D eigenvalue weighted by molar-refractivity contribution is 5.86. The second-order valence-corrected chi connectivity index (χ2v) is 12.3. The lowest BCUT2D eigenvalue weighted by molar-refractivity contribution is -0.179. The minimum atomic E-state index is -2.16. The fourth-order valence-electron chi connectivity index (χ4n) is 7.14. The van der Waals surface area contributed by atoms with Crippen molar-refractivity contribution in [1.29, 1.82) is 0 Å². The molecule has 1 aromatic carbocycles. The first kappa shape index (κ1) is 30.2. The maximum absolute atomic E-state index is 13.9. The summed E-state index contributed by atoms with van der Waals surface area (Å²) in [6.45, 7) is 6.70. The smallest absolute Gasteiger partial charge is 0.339 e. The van der Waals surface area contributed by atoms with Crippen LogP contribution in [0.25, 0.3) is 0 Å². The van der Waals surface area contributed by atoms with Crippen molar-refractivity contribution < 1.29 is 47.9 Å². The second kappa shape index (κ2) is 11.4. The number of carbonyl (C=O) groups excluding carboxylic acids is 3. The molecule has 4 atom stereocenters. The minimum absolute atomic E-state index is 0.0956. The first-order valence-electron chi connectivity index (χ1n) is 14.6. The first-order valence-corrected chi connectivity index (χ1v) is 14.6. The standard InChI is InChI=1S/C31H41NO10/c1-19(33)42-29(2,3)9-6-11-31(36,17-25(34)38-5)28(35)41-27-24(37-4)16-30-10-7-12-32(30)13-8-20-14-22-23(40-18-39-22)15-21(20)26(27)30/h14-16,26-27,36H,6-13,17-18H2,1-5H3/t26-,27-,30+,31-/m1/s1. The quantitative estimate of drug-likeness (QED) is 0.320. The molecule has 1 N–H and O–H groups in total. The fraction of sp³-hybridized carbons (Fsp3) is 0.645. The maximum atomic E-state index is 13.9. The van der Waals surface area contributed by atoms with Crippen molar-refractivity contribution in [2.24, 2.45) is 0 Å². The Labute approximate surface area is 246 Å². The normalized spacial score (nSPS) is 25.7. The van der Waals surface area contributed by atoms with Crippen molar-refractivity contribution in [1.82, 2.24) is 4.90 Å². The zero-order chi connectivity index (χ0) is 30.3. The molecule has 42 heavy (non-hydrogen) atoms. The van der Waals surface area contributed by atoms with Crippen molar-refractivity contribution in [2.75, 3.05) is 34.1 Å². The fourth-order valence-corrected chi connectivity index (χ4v) is 7.14. The molecule has 11 nitrogen and oxygen atoms in total. The summed E-state index contributed by atoms with van der Waals surface area (Å²) >= 11 is 0. The SMILES string of the molecule is COC(=O)C[C@](O)(CCCC(C)(C)OC(C)=O)C(=O)O[C@@H]1C(OC)=C[C@]23CCCN2CCc2cc4c(cc2[C@H]13)OCO4. The number of benzene rings is 1. The van der Waals surface area contributed by atoms with Gasteiger partial charge < -0.3 is 33.5 Å². The van der Waals surface area contributed by atoms with Crippen molar-refractivity contribution in [3.05, 3.63) is 35.1 Å². The number of esters is 3. The van der Waals surface area contributed by atoms with Crippen LogP contribution in [-0.2, 0) is 39.8 Å². The van der Waals surface area contributed by atoms with Crippen molar-refractivity contribution in [3.63, 3.8) is 0 Å². The third-order valence-corrected chi connectivity index (χ3v) is 9.03. The molecule has 1 aliphatic carbocycles. The molecule has 3 heterocycles. The van der Waals surface area contributed by atoms with Crippen LogP contribution in [0.5, 0.6) is 11.5 Å². The Hall–Kier alpha value is -3.31. The Bertz CT molecular complexity index is 1270. The van der Waals surface area contributed by atoms with E-state index in [-0.39, 0.29) is 25.6 Å². The molecule has 230 valence electrons. The lowest BCUT2D eigenvalue weighted by Crippen LogP contribution is -2.49. The topological polar surface area (TPSA) is 130 Å². The summed E-state index contributed by atoms with van der Waals surface area (Å²) in [4.78, 5) is 40.2. The van der Waals surface area contributed by atoms with Gasteiger partial charge in [-0.2, -0.15) is 0 Å². The monoisotopic (exact) mass is 587 g/mol. The van der Waals surface area contributed by atoms with Gasteiger partial charge >= 0.3 is 17.9 Å². The summed E-state index contributed by atoms with van der Waals surface area (Å²) in [6, 6.07) is 3.99. The van der Waals surface area contributed by atoms with Gasteiger partial charge in [-0.1, -0.05) is 0 Å². The second-order valence-electron chi connectivity index (χ2n) is 12.3. The molecule has 3 aliphatic heterocycles. The van der Waals surface area contributed by atoms with E-state index in [1.54, 1.807) is 21.0 Å². The zero-order valence-electron chi connectivity index (χ0n) is 25.0. The van der Waals surface area contributed by atoms with E-state index in [4.69, 9.17) is 28.4 Å². The Kier molecular flexibility index (Phi) is 8.19. The minimum Gasteiger partial charge on any atom is -0.497 e. The summed E-state index contributed by atoms with van der Waals surface area (Å²) in [5, 5.41) is 11.6. The number of hydrogen-bond acceptors (Lipinski definition) is 11. The maximum Gasteiger partial charge on any atom is 0.339 e. The largest absolute Gasteiger partial charge is 0.497 e. The predicted molar refractivity (Wildman–Crippen MR) is 149 cm³/mol. The van der Waals surface area contributed by atoms with Crippen LogP contribution < -0.4 is 9.47 Å². The molecule has 1 fully saturated rings. The Morgan fingerprint density at radius 3 is 2.55 bits per heavy atom. The third kappa shape index (κ3) is 5.56. The van der Waals surface area contributed by atoms with Crippen LogP contribution >= 0.6 is 0 Å². The highest BCUT2D eigenvalue weighted by atomic mass is 16.7. The number of nitrogens with zero attached hydrogens (tertiary/aromatic N) is 1. The molecular weight excluding hydrogens is 546 g/mol. The Morgan fingerprint density at radius 1 is 1.12 bits per heavy atom. The third-order valence-electron chi connectivity index (χ3n) is 9.03. The van der Waals surface area contributed by atoms with Crippen LogP contribution in [0.4, 0.5) is 0 Å². The van der Waals surface area contributed by atoms with Crippen molar-refractivity contribution in [3.8, 4) is 11.5 Å². The summed E-state index contributed by atoms with van der Waals surface area (Å²) in [5.41, 5.74) is -1.34. The van der Waals surface area contributed by atoms with Gasteiger partial charge in [0.2, 0.25) is 6.79 Å². The van der Waals surface area contributed by atoms with Gasteiger partial charge in [0.1, 0.15) is 11.4 Å². The van der Waals surface area contributed by atoms with E-state index in [9.17, 15) is 19.5 Å². The van der Waals surface area contributed by atoms with E-state index in [1.165, 1.54) is 14.0 Å². The zero-order valence-corrected chi connectivity index (χ0v) is 25.0. The number of hydrogen-bond donors (Lipinski definition) is 1. The summed E-state index contributed by atoms with van der Waals surface area (Å²) in [5.74, 6) is -0.582. The molecule has 0 radical (unpaired) electrons. The van der Waals surface area contributed by atoms with Crippen LogP contribution in [0.3, 0.4) is 0 Å².